The first-order valence-corrected chi connectivity index (χ1v) is 14.7. The van der Waals surface area contributed by atoms with E-state index in [9.17, 15) is 0 Å². The summed E-state index contributed by atoms with van der Waals surface area (Å²) in [6.45, 7) is 5.33. The van der Waals surface area contributed by atoms with Crippen molar-refractivity contribution in [1.82, 2.24) is 0 Å². The van der Waals surface area contributed by atoms with E-state index in [2.05, 4.69) is 108 Å². The lowest BCUT2D eigenvalue weighted by molar-refractivity contribution is 0.680. The SMILES string of the molecule is CCCCCCSSCCCCCCN=C\C=C/C=C(C)/C=C/c1ccc(N(C)C)cc1. The second kappa shape index (κ2) is 20.2. The van der Waals surface area contributed by atoms with Crippen LogP contribution in [-0.2, 0) is 0 Å². The summed E-state index contributed by atoms with van der Waals surface area (Å²) < 4.78 is 0. The quantitative estimate of drug-likeness (QED) is 0.0918. The summed E-state index contributed by atoms with van der Waals surface area (Å²) in [5.41, 5.74) is 3.66. The van der Waals surface area contributed by atoms with Gasteiger partial charge < -0.3 is 4.90 Å². The molecule has 0 aliphatic carbocycles. The summed E-state index contributed by atoms with van der Waals surface area (Å²) in [5.74, 6) is 2.62. The molecule has 0 N–H and O–H groups in total. The van der Waals surface area contributed by atoms with Crippen LogP contribution in [0.2, 0.25) is 0 Å². The van der Waals surface area contributed by atoms with E-state index in [1.807, 2.05) is 12.3 Å². The van der Waals surface area contributed by atoms with Gasteiger partial charge in [-0.25, -0.2) is 0 Å². The van der Waals surface area contributed by atoms with Gasteiger partial charge >= 0.3 is 0 Å². The zero-order valence-corrected chi connectivity index (χ0v) is 22.4. The highest BCUT2D eigenvalue weighted by Gasteiger charge is 1.94. The van der Waals surface area contributed by atoms with Crippen LogP contribution in [0.3, 0.4) is 0 Å². The summed E-state index contributed by atoms with van der Waals surface area (Å²) >= 11 is 0. The molecule has 2 nitrogen and oxygen atoms in total. The number of nitrogens with zero attached hydrogens (tertiary/aromatic N) is 2. The first kappa shape index (κ1) is 28.6. The standard InChI is InChI=1S/C28H44N2S2/c1-5-6-7-13-24-31-32-25-14-9-8-11-22-29-23-12-10-15-26(2)16-17-27-18-20-28(21-19-27)30(3)4/h10,12,15-21,23H,5-9,11,13-14,22,24-25H2,1-4H3/b12-10-,17-16+,26-15+,29-23?. The Labute approximate surface area is 206 Å². The maximum Gasteiger partial charge on any atom is 0.0389 e. The fraction of sp³-hybridized carbons (Fsp3) is 0.536. The Kier molecular flexibility index (Phi) is 18.1. The molecule has 0 aliphatic heterocycles. The predicted octanol–water partition coefficient (Wildman–Crippen LogP) is 8.86. The van der Waals surface area contributed by atoms with Gasteiger partial charge in [-0.15, -0.1) is 0 Å². The van der Waals surface area contributed by atoms with E-state index in [0.29, 0.717) is 0 Å². The highest BCUT2D eigenvalue weighted by molar-refractivity contribution is 8.76. The molecule has 0 saturated heterocycles. The van der Waals surface area contributed by atoms with Gasteiger partial charge in [-0.2, -0.15) is 0 Å². The molecule has 1 rings (SSSR count). The highest BCUT2D eigenvalue weighted by atomic mass is 33.1. The lowest BCUT2D eigenvalue weighted by atomic mass is 10.1. The topological polar surface area (TPSA) is 15.6 Å². The minimum absolute atomic E-state index is 0.940. The molecular weight excluding hydrogens is 428 g/mol. The van der Waals surface area contributed by atoms with E-state index < -0.39 is 0 Å². The van der Waals surface area contributed by atoms with Crippen molar-refractivity contribution in [2.75, 3.05) is 37.0 Å². The fourth-order valence-electron chi connectivity index (χ4n) is 2.98. The zero-order chi connectivity index (χ0) is 23.3. The molecule has 0 radical (unpaired) electrons. The van der Waals surface area contributed by atoms with Gasteiger partial charge in [-0.1, -0.05) is 103 Å². The van der Waals surface area contributed by atoms with Crippen LogP contribution in [0.5, 0.6) is 0 Å². The first-order chi connectivity index (χ1) is 15.6. The Morgan fingerprint density at radius 2 is 1.53 bits per heavy atom. The average molecular weight is 473 g/mol. The largest absolute Gasteiger partial charge is 0.378 e. The molecule has 0 amide bonds. The fourth-order valence-corrected chi connectivity index (χ4v) is 5.28. The Balaban J connectivity index is 2.04. The summed E-state index contributed by atoms with van der Waals surface area (Å²) in [6.07, 6.45) is 23.1. The molecule has 0 aliphatic rings. The van der Waals surface area contributed by atoms with Crippen LogP contribution in [0.25, 0.3) is 6.08 Å². The van der Waals surface area contributed by atoms with Crippen LogP contribution in [-0.4, -0.2) is 38.4 Å². The predicted molar refractivity (Wildman–Crippen MR) is 154 cm³/mol. The number of benzene rings is 1. The number of allylic oxidation sites excluding steroid dienone is 5. The van der Waals surface area contributed by atoms with Crippen LogP contribution in [0.4, 0.5) is 5.69 Å². The van der Waals surface area contributed by atoms with Crippen molar-refractivity contribution < 1.29 is 0 Å². The first-order valence-electron chi connectivity index (χ1n) is 12.2. The van der Waals surface area contributed by atoms with Gasteiger partial charge in [0.05, 0.1) is 0 Å². The number of hydrogen-bond acceptors (Lipinski definition) is 4. The molecule has 178 valence electrons. The van der Waals surface area contributed by atoms with Crippen molar-refractivity contribution in [2.24, 2.45) is 4.99 Å². The van der Waals surface area contributed by atoms with E-state index in [4.69, 9.17) is 0 Å². The van der Waals surface area contributed by atoms with Crippen molar-refractivity contribution in [3.8, 4) is 0 Å². The number of aliphatic imine (C=N–C) groups is 1. The summed E-state index contributed by atoms with van der Waals surface area (Å²) in [5, 5.41) is 0. The smallest absolute Gasteiger partial charge is 0.0389 e. The normalized spacial score (nSPS) is 12.6. The third-order valence-corrected chi connectivity index (χ3v) is 7.62. The van der Waals surface area contributed by atoms with Gasteiger partial charge in [0.1, 0.15) is 0 Å². The van der Waals surface area contributed by atoms with Crippen molar-refractivity contribution >= 4 is 39.6 Å². The van der Waals surface area contributed by atoms with Crippen LogP contribution in [0.15, 0.2) is 59.1 Å². The van der Waals surface area contributed by atoms with E-state index in [1.165, 1.54) is 79.7 Å². The third-order valence-electron chi connectivity index (χ3n) is 5.04. The molecule has 0 heterocycles. The molecule has 0 atom stereocenters. The van der Waals surface area contributed by atoms with Crippen molar-refractivity contribution in [1.29, 1.82) is 0 Å². The molecule has 1 aromatic rings. The Hall–Kier alpha value is -1.39. The molecule has 0 fully saturated rings. The van der Waals surface area contributed by atoms with E-state index in [-0.39, 0.29) is 0 Å². The lowest BCUT2D eigenvalue weighted by Crippen LogP contribution is -2.07. The van der Waals surface area contributed by atoms with E-state index >= 15 is 0 Å². The molecule has 0 saturated carbocycles. The maximum atomic E-state index is 4.49. The average Bonchev–Trinajstić information content (AvgIpc) is 2.80. The second-order valence-electron chi connectivity index (χ2n) is 8.29. The van der Waals surface area contributed by atoms with Crippen molar-refractivity contribution in [3.63, 3.8) is 0 Å². The van der Waals surface area contributed by atoms with Gasteiger partial charge in [0.2, 0.25) is 0 Å². The van der Waals surface area contributed by atoms with Crippen molar-refractivity contribution in [3.05, 3.63) is 59.7 Å². The molecule has 0 unspecified atom stereocenters. The molecule has 0 bridgehead atoms. The zero-order valence-electron chi connectivity index (χ0n) is 20.8. The van der Waals surface area contributed by atoms with Gasteiger partial charge in [0.15, 0.2) is 0 Å². The van der Waals surface area contributed by atoms with Crippen LogP contribution in [0, 0.1) is 0 Å². The van der Waals surface area contributed by atoms with Crippen molar-refractivity contribution in [2.45, 2.75) is 65.2 Å². The highest BCUT2D eigenvalue weighted by Crippen LogP contribution is 2.24. The summed E-state index contributed by atoms with van der Waals surface area (Å²) in [4.78, 5) is 6.61. The Morgan fingerprint density at radius 3 is 2.19 bits per heavy atom. The molecule has 0 spiro atoms. The summed E-state index contributed by atoms with van der Waals surface area (Å²) in [7, 11) is 8.24. The number of anilines is 1. The van der Waals surface area contributed by atoms with Gasteiger partial charge in [-0.3, -0.25) is 4.99 Å². The molecule has 1 aromatic carbocycles. The van der Waals surface area contributed by atoms with Gasteiger partial charge in [0, 0.05) is 44.0 Å². The Morgan fingerprint density at radius 1 is 0.875 bits per heavy atom. The van der Waals surface area contributed by atoms with Crippen LogP contribution in [0.1, 0.15) is 70.8 Å². The lowest BCUT2D eigenvalue weighted by Gasteiger charge is -2.11. The second-order valence-corrected chi connectivity index (χ2v) is 11.0. The molecular formula is C28H44N2S2. The summed E-state index contributed by atoms with van der Waals surface area (Å²) in [6, 6.07) is 8.58. The third kappa shape index (κ3) is 16.3. The van der Waals surface area contributed by atoms with Gasteiger partial charge in [-0.05, 0) is 50.0 Å². The minimum Gasteiger partial charge on any atom is -0.378 e. The monoisotopic (exact) mass is 472 g/mol. The Bertz CT molecular complexity index is 688. The number of rotatable bonds is 18. The number of unbranched alkanes of at least 4 members (excludes halogenated alkanes) is 6. The van der Waals surface area contributed by atoms with Crippen LogP contribution >= 0.6 is 21.6 Å². The van der Waals surface area contributed by atoms with E-state index in [1.54, 1.807) is 0 Å². The maximum absolute atomic E-state index is 4.49. The molecule has 4 heteroatoms. The minimum atomic E-state index is 0.940. The molecule has 32 heavy (non-hydrogen) atoms. The number of hydrogen-bond donors (Lipinski definition) is 0. The van der Waals surface area contributed by atoms with Crippen LogP contribution < -0.4 is 4.90 Å². The molecule has 0 aromatic heterocycles. The van der Waals surface area contributed by atoms with Gasteiger partial charge in [0.25, 0.3) is 0 Å². The van der Waals surface area contributed by atoms with E-state index in [0.717, 1.165) is 6.54 Å².